The lowest BCUT2D eigenvalue weighted by Gasteiger charge is -2.39. The van der Waals surface area contributed by atoms with Gasteiger partial charge in [0.15, 0.2) is 0 Å². The number of nitrogens with zero attached hydrogens (tertiary/aromatic N) is 2. The van der Waals surface area contributed by atoms with E-state index in [2.05, 4.69) is 58.3 Å². The van der Waals surface area contributed by atoms with E-state index in [1.54, 1.807) is 24.3 Å². The highest BCUT2D eigenvalue weighted by Crippen LogP contribution is 2.21. The van der Waals surface area contributed by atoms with Gasteiger partial charge < -0.3 is 19.8 Å². The lowest BCUT2D eigenvalue weighted by molar-refractivity contribution is -0.0184. The maximum Gasteiger partial charge on any atom is 0.119 e. The topological polar surface area (TPSA) is 56.2 Å². The van der Waals surface area contributed by atoms with Crippen molar-refractivity contribution in [3.8, 4) is 11.5 Å². The van der Waals surface area contributed by atoms with Crippen molar-refractivity contribution in [1.29, 1.82) is 0 Å². The summed E-state index contributed by atoms with van der Waals surface area (Å²) in [6, 6.07) is 26.0. The molecule has 1 fully saturated rings. The maximum absolute atomic E-state index is 10.8. The van der Waals surface area contributed by atoms with Gasteiger partial charge in [0, 0.05) is 38.4 Å². The first-order valence-corrected chi connectivity index (χ1v) is 11.2. The molecule has 0 amide bonds. The van der Waals surface area contributed by atoms with E-state index in [9.17, 15) is 10.2 Å². The second-order valence-electron chi connectivity index (χ2n) is 8.87. The molecule has 1 aliphatic heterocycles. The minimum atomic E-state index is -0.945. The Labute approximate surface area is 190 Å². The number of hydrogen-bond acceptors (Lipinski definition) is 5. The first kappa shape index (κ1) is 22.2. The number of rotatable bonds is 8. The average Bonchev–Trinajstić information content (AvgIpc) is 2.80. The van der Waals surface area contributed by atoms with Crippen LogP contribution in [0.2, 0.25) is 0 Å². The molecule has 1 heterocycles. The molecule has 0 bridgehead atoms. The van der Waals surface area contributed by atoms with Crippen LogP contribution < -0.4 is 9.64 Å². The summed E-state index contributed by atoms with van der Waals surface area (Å²) in [6.07, 6.45) is 0.955. The minimum absolute atomic E-state index is 0.202. The van der Waals surface area contributed by atoms with Gasteiger partial charge in [-0.15, -0.1) is 0 Å². The summed E-state index contributed by atoms with van der Waals surface area (Å²) >= 11 is 0. The summed E-state index contributed by atoms with van der Waals surface area (Å²) in [6.45, 7) is 6.27. The highest BCUT2D eigenvalue weighted by Gasteiger charge is 2.27. The fraction of sp³-hybridized carbons (Fsp3) is 0.333. The van der Waals surface area contributed by atoms with Crippen molar-refractivity contribution < 1.29 is 14.9 Å². The van der Waals surface area contributed by atoms with Gasteiger partial charge in [0.05, 0.1) is 0 Å². The number of anilines is 1. The highest BCUT2D eigenvalue weighted by molar-refractivity contribution is 5.48. The molecule has 0 aromatic heterocycles. The summed E-state index contributed by atoms with van der Waals surface area (Å²) in [5, 5.41) is 20.2. The van der Waals surface area contributed by atoms with Crippen LogP contribution in [-0.4, -0.2) is 60.0 Å². The number of piperazine rings is 1. The van der Waals surface area contributed by atoms with Crippen LogP contribution in [0.15, 0.2) is 78.9 Å². The SMILES string of the molecule is C[C@](O)(COc1ccc(O)cc1)CN1CCN(c2ccc(Cc3ccccc3)cc2)CC1. The van der Waals surface area contributed by atoms with Crippen molar-refractivity contribution in [2.45, 2.75) is 18.9 Å². The molecule has 1 saturated heterocycles. The van der Waals surface area contributed by atoms with E-state index in [1.165, 1.54) is 16.8 Å². The fourth-order valence-corrected chi connectivity index (χ4v) is 4.13. The van der Waals surface area contributed by atoms with Crippen LogP contribution >= 0.6 is 0 Å². The molecule has 3 aromatic carbocycles. The summed E-state index contributed by atoms with van der Waals surface area (Å²) in [5.41, 5.74) is 2.96. The van der Waals surface area contributed by atoms with E-state index >= 15 is 0 Å². The molecule has 5 heteroatoms. The van der Waals surface area contributed by atoms with E-state index in [-0.39, 0.29) is 12.4 Å². The van der Waals surface area contributed by atoms with Crippen LogP contribution in [0, 0.1) is 0 Å². The van der Waals surface area contributed by atoms with Gasteiger partial charge >= 0.3 is 0 Å². The molecular weight excluding hydrogens is 400 g/mol. The quantitative estimate of drug-likeness (QED) is 0.565. The summed E-state index contributed by atoms with van der Waals surface area (Å²) in [4.78, 5) is 4.70. The first-order chi connectivity index (χ1) is 15.5. The Balaban J connectivity index is 1.24. The van der Waals surface area contributed by atoms with Crippen LogP contribution in [0.1, 0.15) is 18.1 Å². The Morgan fingerprint density at radius 1 is 0.812 bits per heavy atom. The minimum Gasteiger partial charge on any atom is -0.508 e. The predicted octanol–water partition coefficient (Wildman–Crippen LogP) is 3.94. The molecule has 2 N–H and O–H groups in total. The first-order valence-electron chi connectivity index (χ1n) is 11.2. The van der Waals surface area contributed by atoms with E-state index in [4.69, 9.17) is 4.74 Å². The molecule has 0 spiro atoms. The Morgan fingerprint density at radius 2 is 1.44 bits per heavy atom. The number of ether oxygens (including phenoxy) is 1. The van der Waals surface area contributed by atoms with Gasteiger partial charge in [-0.1, -0.05) is 42.5 Å². The van der Waals surface area contributed by atoms with Crippen LogP contribution in [0.5, 0.6) is 11.5 Å². The van der Waals surface area contributed by atoms with Crippen LogP contribution in [0.25, 0.3) is 0 Å². The lowest BCUT2D eigenvalue weighted by atomic mass is 10.0. The summed E-state index contributed by atoms with van der Waals surface area (Å²) in [5.74, 6) is 0.844. The van der Waals surface area contributed by atoms with Crippen molar-refractivity contribution >= 4 is 5.69 Å². The fourth-order valence-electron chi connectivity index (χ4n) is 4.13. The predicted molar refractivity (Wildman–Crippen MR) is 129 cm³/mol. The number of aliphatic hydroxyl groups is 1. The normalized spacial score (nSPS) is 16.5. The van der Waals surface area contributed by atoms with Crippen LogP contribution in [-0.2, 0) is 6.42 Å². The summed E-state index contributed by atoms with van der Waals surface area (Å²) < 4.78 is 5.71. The molecule has 0 unspecified atom stereocenters. The van der Waals surface area contributed by atoms with Crippen molar-refractivity contribution in [2.75, 3.05) is 44.2 Å². The van der Waals surface area contributed by atoms with E-state index in [1.807, 2.05) is 13.0 Å². The Bertz CT molecular complexity index is 964. The highest BCUT2D eigenvalue weighted by atomic mass is 16.5. The van der Waals surface area contributed by atoms with E-state index in [0.717, 1.165) is 32.6 Å². The van der Waals surface area contributed by atoms with Gasteiger partial charge in [0.25, 0.3) is 0 Å². The largest absolute Gasteiger partial charge is 0.508 e. The smallest absolute Gasteiger partial charge is 0.119 e. The third-order valence-corrected chi connectivity index (χ3v) is 5.88. The molecular formula is C27H32N2O3. The molecule has 32 heavy (non-hydrogen) atoms. The second kappa shape index (κ2) is 10.1. The number of phenols is 1. The maximum atomic E-state index is 10.8. The third-order valence-electron chi connectivity index (χ3n) is 5.88. The molecule has 0 saturated carbocycles. The molecule has 0 aliphatic carbocycles. The van der Waals surface area contributed by atoms with Gasteiger partial charge in [-0.05, 0) is 60.9 Å². The van der Waals surface area contributed by atoms with Crippen molar-refractivity contribution in [3.05, 3.63) is 90.0 Å². The van der Waals surface area contributed by atoms with Crippen molar-refractivity contribution in [3.63, 3.8) is 0 Å². The number of β-amino-alcohol motifs (C(OH)–C–C–N with tert-alkyl or cyclic N) is 1. The number of hydrogen-bond donors (Lipinski definition) is 2. The lowest BCUT2D eigenvalue weighted by Crippen LogP contribution is -2.52. The Morgan fingerprint density at radius 3 is 2.09 bits per heavy atom. The van der Waals surface area contributed by atoms with Gasteiger partial charge in [-0.2, -0.15) is 0 Å². The Kier molecular flexibility index (Phi) is 6.98. The van der Waals surface area contributed by atoms with E-state index < -0.39 is 5.60 Å². The molecule has 1 aliphatic rings. The Hall–Kier alpha value is -3.02. The van der Waals surface area contributed by atoms with Gasteiger partial charge in [0.2, 0.25) is 0 Å². The number of phenolic OH excluding ortho intramolecular Hbond substituents is 1. The molecule has 5 nitrogen and oxygen atoms in total. The monoisotopic (exact) mass is 432 g/mol. The standard InChI is InChI=1S/C27H32N2O3/c1-27(31,21-32-26-13-11-25(30)12-14-26)20-28-15-17-29(18-16-28)24-9-7-23(8-10-24)19-22-5-3-2-4-6-22/h2-14,30-31H,15-21H2,1H3/t27-/m1/s1. The number of benzene rings is 3. The van der Waals surface area contributed by atoms with Crippen molar-refractivity contribution in [1.82, 2.24) is 4.90 Å². The van der Waals surface area contributed by atoms with Crippen LogP contribution in [0.3, 0.4) is 0 Å². The summed E-state index contributed by atoms with van der Waals surface area (Å²) in [7, 11) is 0. The van der Waals surface area contributed by atoms with Crippen molar-refractivity contribution in [2.24, 2.45) is 0 Å². The van der Waals surface area contributed by atoms with Gasteiger partial charge in [-0.3, -0.25) is 4.90 Å². The zero-order valence-corrected chi connectivity index (χ0v) is 18.7. The van der Waals surface area contributed by atoms with Crippen LogP contribution in [0.4, 0.5) is 5.69 Å². The third kappa shape index (κ3) is 6.25. The average molecular weight is 433 g/mol. The molecule has 4 rings (SSSR count). The zero-order chi connectivity index (χ0) is 22.4. The second-order valence-corrected chi connectivity index (χ2v) is 8.87. The molecule has 1 atom stereocenters. The number of aromatic hydroxyl groups is 1. The molecule has 3 aromatic rings. The van der Waals surface area contributed by atoms with Gasteiger partial charge in [0.1, 0.15) is 23.7 Å². The molecule has 0 radical (unpaired) electrons. The molecule has 168 valence electrons. The van der Waals surface area contributed by atoms with E-state index in [0.29, 0.717) is 12.3 Å². The van der Waals surface area contributed by atoms with Gasteiger partial charge in [-0.25, -0.2) is 0 Å². The zero-order valence-electron chi connectivity index (χ0n) is 18.7.